The molecule has 0 aromatic heterocycles. The van der Waals surface area contributed by atoms with Crippen LogP contribution >= 0.6 is 11.6 Å². The lowest BCUT2D eigenvalue weighted by molar-refractivity contribution is 0.400. The summed E-state index contributed by atoms with van der Waals surface area (Å²) in [6.45, 7) is 1.03. The van der Waals surface area contributed by atoms with E-state index in [1.807, 2.05) is 26.2 Å². The van der Waals surface area contributed by atoms with E-state index < -0.39 is 0 Å². The lowest BCUT2D eigenvalue weighted by Gasteiger charge is -2.10. The highest BCUT2D eigenvalue weighted by Gasteiger charge is 2.04. The highest BCUT2D eigenvalue weighted by atomic mass is 35.5. The molecule has 3 heteroatoms. The number of phenolic OH excluding ortho intramolecular Hbond substituents is 1. The maximum atomic E-state index is 9.37. The van der Waals surface area contributed by atoms with Crippen LogP contribution in [0.15, 0.2) is 18.2 Å². The number of hydrogen-bond acceptors (Lipinski definition) is 2. The number of aryl methyl sites for hydroxylation is 1. The van der Waals surface area contributed by atoms with Gasteiger partial charge in [0.05, 0.1) is 5.02 Å². The summed E-state index contributed by atoms with van der Waals surface area (Å²) in [5, 5.41) is 9.86. The third-order valence-corrected chi connectivity index (χ3v) is 2.55. The Morgan fingerprint density at radius 2 is 2.07 bits per heavy atom. The summed E-state index contributed by atoms with van der Waals surface area (Å²) in [6, 6.07) is 5.39. The van der Waals surface area contributed by atoms with Gasteiger partial charge in [-0.2, -0.15) is 0 Å². The molecular formula is C11H16ClNO. The Labute approximate surface area is 90.1 Å². The normalized spacial score (nSPS) is 10.9. The Kier molecular flexibility index (Phi) is 4.23. The Morgan fingerprint density at radius 1 is 1.36 bits per heavy atom. The van der Waals surface area contributed by atoms with Crippen molar-refractivity contribution in [1.82, 2.24) is 4.90 Å². The predicted octanol–water partition coefficient (Wildman–Crippen LogP) is 2.54. The van der Waals surface area contributed by atoms with E-state index >= 15 is 0 Å². The summed E-state index contributed by atoms with van der Waals surface area (Å²) < 4.78 is 0. The second-order valence-corrected chi connectivity index (χ2v) is 4.04. The Bertz CT molecular complexity index is 299. The first-order valence-electron chi connectivity index (χ1n) is 4.72. The minimum atomic E-state index is 0.175. The SMILES string of the molecule is CN(C)CCCc1cccc(O)c1Cl. The fraction of sp³-hybridized carbons (Fsp3) is 0.455. The second-order valence-electron chi connectivity index (χ2n) is 3.66. The summed E-state index contributed by atoms with van der Waals surface area (Å²) in [7, 11) is 4.09. The smallest absolute Gasteiger partial charge is 0.134 e. The van der Waals surface area contributed by atoms with Crippen LogP contribution in [0.3, 0.4) is 0 Å². The van der Waals surface area contributed by atoms with Crippen molar-refractivity contribution in [3.8, 4) is 5.75 Å². The van der Waals surface area contributed by atoms with Gasteiger partial charge in [0.25, 0.3) is 0 Å². The zero-order valence-electron chi connectivity index (χ0n) is 8.63. The molecule has 1 aromatic carbocycles. The summed E-state index contributed by atoms with van der Waals surface area (Å²) >= 11 is 5.94. The number of halogens is 1. The molecule has 14 heavy (non-hydrogen) atoms. The standard InChI is InChI=1S/C11H16ClNO/c1-13(2)8-4-6-9-5-3-7-10(14)11(9)12/h3,5,7,14H,4,6,8H2,1-2H3. The molecule has 0 spiro atoms. The minimum absolute atomic E-state index is 0.175. The topological polar surface area (TPSA) is 23.5 Å². The van der Waals surface area contributed by atoms with Crippen molar-refractivity contribution >= 4 is 11.6 Å². The van der Waals surface area contributed by atoms with E-state index in [-0.39, 0.29) is 5.75 Å². The first-order chi connectivity index (χ1) is 6.61. The molecule has 0 heterocycles. The van der Waals surface area contributed by atoms with E-state index in [1.165, 1.54) is 0 Å². The molecule has 0 atom stereocenters. The van der Waals surface area contributed by atoms with Gasteiger partial charge in [0.2, 0.25) is 0 Å². The first kappa shape index (κ1) is 11.3. The average Bonchev–Trinajstić information content (AvgIpc) is 2.12. The van der Waals surface area contributed by atoms with Crippen LogP contribution < -0.4 is 0 Å². The monoisotopic (exact) mass is 213 g/mol. The van der Waals surface area contributed by atoms with Gasteiger partial charge >= 0.3 is 0 Å². The molecule has 0 radical (unpaired) electrons. The van der Waals surface area contributed by atoms with Crippen LogP contribution in [0.5, 0.6) is 5.75 Å². The molecule has 0 bridgehead atoms. The van der Waals surface area contributed by atoms with E-state index in [0.717, 1.165) is 24.9 Å². The zero-order chi connectivity index (χ0) is 10.6. The van der Waals surface area contributed by atoms with Crippen LogP contribution in [0.4, 0.5) is 0 Å². The molecule has 0 aliphatic rings. The van der Waals surface area contributed by atoms with E-state index in [4.69, 9.17) is 11.6 Å². The van der Waals surface area contributed by atoms with Gasteiger partial charge in [0.15, 0.2) is 0 Å². The third-order valence-electron chi connectivity index (χ3n) is 2.11. The van der Waals surface area contributed by atoms with Gasteiger partial charge in [-0.1, -0.05) is 23.7 Å². The molecule has 0 fully saturated rings. The first-order valence-corrected chi connectivity index (χ1v) is 5.10. The van der Waals surface area contributed by atoms with Gasteiger partial charge in [-0.15, -0.1) is 0 Å². The Morgan fingerprint density at radius 3 is 2.71 bits per heavy atom. The number of phenols is 1. The molecule has 0 aliphatic heterocycles. The molecule has 1 rings (SSSR count). The zero-order valence-corrected chi connectivity index (χ0v) is 9.38. The van der Waals surface area contributed by atoms with Crippen LogP contribution in [0.25, 0.3) is 0 Å². The number of aromatic hydroxyl groups is 1. The summed E-state index contributed by atoms with van der Waals surface area (Å²) in [6.07, 6.45) is 1.96. The van der Waals surface area contributed by atoms with Crippen molar-refractivity contribution in [2.24, 2.45) is 0 Å². The van der Waals surface area contributed by atoms with Crippen LogP contribution in [-0.4, -0.2) is 30.6 Å². The molecule has 78 valence electrons. The Hall–Kier alpha value is -0.730. The molecule has 1 N–H and O–H groups in total. The predicted molar refractivity (Wildman–Crippen MR) is 60.0 cm³/mol. The highest BCUT2D eigenvalue weighted by molar-refractivity contribution is 6.32. The summed E-state index contributed by atoms with van der Waals surface area (Å²) in [5.74, 6) is 0.175. The highest BCUT2D eigenvalue weighted by Crippen LogP contribution is 2.27. The van der Waals surface area contributed by atoms with Crippen molar-refractivity contribution < 1.29 is 5.11 Å². The summed E-state index contributed by atoms with van der Waals surface area (Å²) in [4.78, 5) is 2.14. The average molecular weight is 214 g/mol. The van der Waals surface area contributed by atoms with Crippen molar-refractivity contribution in [2.75, 3.05) is 20.6 Å². The van der Waals surface area contributed by atoms with Gasteiger partial charge in [0.1, 0.15) is 5.75 Å². The molecule has 1 aromatic rings. The van der Waals surface area contributed by atoms with Crippen molar-refractivity contribution in [1.29, 1.82) is 0 Å². The lowest BCUT2D eigenvalue weighted by Crippen LogP contribution is -2.13. The molecular weight excluding hydrogens is 198 g/mol. The van der Waals surface area contributed by atoms with Crippen LogP contribution in [-0.2, 0) is 6.42 Å². The number of nitrogens with zero attached hydrogens (tertiary/aromatic N) is 1. The van der Waals surface area contributed by atoms with E-state index in [2.05, 4.69) is 4.90 Å². The van der Waals surface area contributed by atoms with Crippen molar-refractivity contribution in [3.05, 3.63) is 28.8 Å². The van der Waals surface area contributed by atoms with Gasteiger partial charge in [-0.25, -0.2) is 0 Å². The molecule has 0 amide bonds. The lowest BCUT2D eigenvalue weighted by atomic mass is 10.1. The fourth-order valence-corrected chi connectivity index (χ4v) is 1.57. The Balaban J connectivity index is 2.54. The molecule has 0 saturated carbocycles. The van der Waals surface area contributed by atoms with Gasteiger partial charge < -0.3 is 10.0 Å². The van der Waals surface area contributed by atoms with Crippen molar-refractivity contribution in [2.45, 2.75) is 12.8 Å². The van der Waals surface area contributed by atoms with Gasteiger partial charge in [-0.05, 0) is 45.1 Å². The third kappa shape index (κ3) is 3.20. The largest absolute Gasteiger partial charge is 0.506 e. The molecule has 2 nitrogen and oxygen atoms in total. The molecule has 0 saturated heterocycles. The van der Waals surface area contributed by atoms with E-state index in [1.54, 1.807) is 6.07 Å². The van der Waals surface area contributed by atoms with E-state index in [0.29, 0.717) is 5.02 Å². The van der Waals surface area contributed by atoms with Crippen LogP contribution in [0, 0.1) is 0 Å². The summed E-state index contributed by atoms with van der Waals surface area (Å²) in [5.41, 5.74) is 1.02. The second kappa shape index (κ2) is 5.23. The van der Waals surface area contributed by atoms with Gasteiger partial charge in [-0.3, -0.25) is 0 Å². The minimum Gasteiger partial charge on any atom is -0.506 e. The van der Waals surface area contributed by atoms with Crippen molar-refractivity contribution in [3.63, 3.8) is 0 Å². The molecule has 0 aliphatic carbocycles. The maximum absolute atomic E-state index is 9.37. The number of rotatable bonds is 4. The molecule has 0 unspecified atom stereocenters. The maximum Gasteiger partial charge on any atom is 0.134 e. The fourth-order valence-electron chi connectivity index (χ4n) is 1.35. The van der Waals surface area contributed by atoms with E-state index in [9.17, 15) is 5.11 Å². The van der Waals surface area contributed by atoms with Gasteiger partial charge in [0, 0.05) is 0 Å². The number of benzene rings is 1. The quantitative estimate of drug-likeness (QED) is 0.831. The number of hydrogen-bond donors (Lipinski definition) is 1. The van der Waals surface area contributed by atoms with Crippen LogP contribution in [0.1, 0.15) is 12.0 Å². The van der Waals surface area contributed by atoms with Crippen LogP contribution in [0.2, 0.25) is 5.02 Å².